The summed E-state index contributed by atoms with van der Waals surface area (Å²) in [6.07, 6.45) is 1.20. The Morgan fingerprint density at radius 1 is 1.35 bits per heavy atom. The molecule has 2 aromatic heterocycles. The minimum Gasteiger partial charge on any atom is -0.462 e. The van der Waals surface area contributed by atoms with E-state index in [0.717, 1.165) is 0 Å². The number of hydrogen-bond donors (Lipinski definition) is 3. The zero-order chi connectivity index (χ0) is 12.6. The number of pyridine rings is 1. The number of nitrogens with zero attached hydrogens (tertiary/aromatic N) is 1. The van der Waals surface area contributed by atoms with Crippen molar-refractivity contribution in [2.75, 3.05) is 5.73 Å². The minimum absolute atomic E-state index is 0.0255. The van der Waals surface area contributed by atoms with Crippen LogP contribution in [0.5, 0.6) is 0 Å². The number of halogens is 1. The molecule has 2 aromatic rings. The smallest absolute Gasteiger partial charge is 0.360 e. The lowest BCUT2D eigenvalue weighted by Gasteiger charge is -2.05. The second kappa shape index (κ2) is 4.27. The van der Waals surface area contributed by atoms with Gasteiger partial charge in [-0.25, -0.2) is 4.98 Å². The van der Waals surface area contributed by atoms with Crippen molar-refractivity contribution >= 4 is 34.6 Å². The summed E-state index contributed by atoms with van der Waals surface area (Å²) >= 11 is 3.18. The van der Waals surface area contributed by atoms with E-state index in [2.05, 4.69) is 20.9 Å². The van der Waals surface area contributed by atoms with Gasteiger partial charge in [-0.1, -0.05) is 0 Å². The van der Waals surface area contributed by atoms with Crippen molar-refractivity contribution in [2.24, 2.45) is 0 Å². The van der Waals surface area contributed by atoms with E-state index in [-0.39, 0.29) is 22.6 Å². The fourth-order valence-electron chi connectivity index (χ4n) is 1.31. The summed E-state index contributed by atoms with van der Waals surface area (Å²) < 4.78 is 16.9. The quantitative estimate of drug-likeness (QED) is 0.724. The molecule has 2 rings (SSSR count). The summed E-state index contributed by atoms with van der Waals surface area (Å²) in [7, 11) is -4.39. The van der Waals surface area contributed by atoms with Crippen molar-refractivity contribution < 1.29 is 18.8 Å². The molecular formula is C9H8BrN2O4P. The highest BCUT2D eigenvalue weighted by molar-refractivity contribution is 9.10. The molecule has 0 aromatic carbocycles. The van der Waals surface area contributed by atoms with E-state index in [1.807, 2.05) is 0 Å². The maximum absolute atomic E-state index is 11.2. The van der Waals surface area contributed by atoms with Gasteiger partial charge in [-0.05, 0) is 34.1 Å². The average Bonchev–Trinajstić information content (AvgIpc) is 2.70. The van der Waals surface area contributed by atoms with Crippen molar-refractivity contribution in [1.82, 2.24) is 4.98 Å². The van der Waals surface area contributed by atoms with Crippen LogP contribution in [0.4, 0.5) is 5.82 Å². The van der Waals surface area contributed by atoms with Gasteiger partial charge in [0, 0.05) is 0 Å². The van der Waals surface area contributed by atoms with E-state index in [9.17, 15) is 4.57 Å². The Balaban J connectivity index is 2.58. The molecule has 4 N–H and O–H groups in total. The first-order valence-corrected chi connectivity index (χ1v) is 6.86. The number of hydrogen-bond acceptors (Lipinski definition) is 4. The van der Waals surface area contributed by atoms with E-state index in [1.54, 1.807) is 12.1 Å². The molecular weight excluding hydrogens is 311 g/mol. The molecule has 0 fully saturated rings. The van der Waals surface area contributed by atoms with Crippen LogP contribution in [0.3, 0.4) is 0 Å². The predicted molar refractivity (Wildman–Crippen MR) is 65.7 cm³/mol. The summed E-state index contributed by atoms with van der Waals surface area (Å²) in [5.74, 6) is 0.244. The summed E-state index contributed by atoms with van der Waals surface area (Å²) in [5, 5.41) is -0.202. The number of furan rings is 1. The van der Waals surface area contributed by atoms with E-state index < -0.39 is 7.60 Å². The third kappa shape index (κ3) is 2.42. The van der Waals surface area contributed by atoms with Crippen molar-refractivity contribution in [2.45, 2.75) is 0 Å². The molecule has 0 spiro atoms. The van der Waals surface area contributed by atoms with Crippen LogP contribution in [0, 0.1) is 0 Å². The van der Waals surface area contributed by atoms with Gasteiger partial charge < -0.3 is 19.9 Å². The molecule has 0 aliphatic carbocycles. The summed E-state index contributed by atoms with van der Waals surface area (Å²) in [6.45, 7) is 0. The Bertz CT molecular complexity index is 607. The van der Waals surface area contributed by atoms with Crippen LogP contribution in [-0.4, -0.2) is 14.8 Å². The van der Waals surface area contributed by atoms with Gasteiger partial charge in [0.1, 0.15) is 16.8 Å². The first kappa shape index (κ1) is 12.3. The molecule has 0 saturated carbocycles. The zero-order valence-corrected chi connectivity index (χ0v) is 10.9. The van der Waals surface area contributed by atoms with Crippen molar-refractivity contribution in [1.29, 1.82) is 0 Å². The molecule has 0 amide bonds. The lowest BCUT2D eigenvalue weighted by atomic mass is 10.3. The Labute approximate surface area is 105 Å². The Morgan fingerprint density at radius 2 is 2.06 bits per heavy atom. The van der Waals surface area contributed by atoms with Crippen LogP contribution in [0.2, 0.25) is 0 Å². The number of anilines is 1. The molecule has 17 heavy (non-hydrogen) atoms. The molecule has 0 aliphatic rings. The Hall–Kier alpha value is -1.14. The highest BCUT2D eigenvalue weighted by Crippen LogP contribution is 2.38. The lowest BCUT2D eigenvalue weighted by Crippen LogP contribution is -2.05. The van der Waals surface area contributed by atoms with E-state index in [4.69, 9.17) is 19.9 Å². The van der Waals surface area contributed by atoms with Crippen LogP contribution in [0.1, 0.15) is 0 Å². The minimum atomic E-state index is -4.39. The average molecular weight is 319 g/mol. The highest BCUT2D eigenvalue weighted by atomic mass is 79.9. The van der Waals surface area contributed by atoms with Crippen LogP contribution in [-0.2, 0) is 4.57 Å². The maximum atomic E-state index is 11.2. The van der Waals surface area contributed by atoms with Gasteiger partial charge in [0.15, 0.2) is 5.76 Å². The highest BCUT2D eigenvalue weighted by Gasteiger charge is 2.25. The van der Waals surface area contributed by atoms with Gasteiger partial charge in [0.05, 0.1) is 10.7 Å². The molecule has 0 aliphatic heterocycles. The summed E-state index contributed by atoms with van der Waals surface area (Å²) in [6, 6.07) is 4.40. The monoisotopic (exact) mass is 318 g/mol. The number of aromatic nitrogens is 1. The third-order valence-corrected chi connectivity index (χ3v) is 3.71. The van der Waals surface area contributed by atoms with Crippen LogP contribution < -0.4 is 11.0 Å². The van der Waals surface area contributed by atoms with Crippen LogP contribution in [0.25, 0.3) is 11.5 Å². The van der Waals surface area contributed by atoms with E-state index in [0.29, 0.717) is 4.47 Å². The predicted octanol–water partition coefficient (Wildman–Crippen LogP) is 1.49. The van der Waals surface area contributed by atoms with Crippen molar-refractivity contribution in [3.63, 3.8) is 0 Å². The molecule has 2 heterocycles. The van der Waals surface area contributed by atoms with Gasteiger partial charge >= 0.3 is 7.60 Å². The van der Waals surface area contributed by atoms with E-state index >= 15 is 0 Å². The molecule has 0 unspecified atom stereocenters. The number of nitrogen functional groups attached to an aromatic ring is 1. The van der Waals surface area contributed by atoms with Crippen molar-refractivity contribution in [3.05, 3.63) is 28.9 Å². The standard InChI is InChI=1S/C9H8BrN2O4P/c10-5-1-2-6(12-9(5)11)8-7(3-4-16-8)17(13,14)15/h1-4H,(H2,11,12)(H2,13,14,15). The lowest BCUT2D eigenvalue weighted by molar-refractivity contribution is 0.387. The number of rotatable bonds is 2. The molecule has 0 saturated heterocycles. The van der Waals surface area contributed by atoms with Crippen LogP contribution >= 0.6 is 23.5 Å². The van der Waals surface area contributed by atoms with Gasteiger partial charge in [-0.3, -0.25) is 4.57 Å². The Morgan fingerprint density at radius 3 is 2.65 bits per heavy atom. The first-order valence-electron chi connectivity index (χ1n) is 4.45. The summed E-state index contributed by atoms with van der Waals surface area (Å²) in [5.41, 5.74) is 5.86. The molecule has 0 radical (unpaired) electrons. The molecule has 0 bridgehead atoms. The van der Waals surface area contributed by atoms with Crippen LogP contribution in [0.15, 0.2) is 33.4 Å². The molecule has 8 heteroatoms. The third-order valence-electron chi connectivity index (χ3n) is 2.06. The van der Waals surface area contributed by atoms with Gasteiger partial charge in [-0.2, -0.15) is 0 Å². The fourth-order valence-corrected chi connectivity index (χ4v) is 2.22. The molecule has 90 valence electrons. The summed E-state index contributed by atoms with van der Waals surface area (Å²) in [4.78, 5) is 22.2. The van der Waals surface area contributed by atoms with Gasteiger partial charge in [-0.15, -0.1) is 0 Å². The second-order valence-electron chi connectivity index (χ2n) is 3.24. The SMILES string of the molecule is Nc1nc(-c2occc2P(=O)(O)O)ccc1Br. The maximum Gasteiger partial charge on any atom is 0.360 e. The first-order chi connectivity index (χ1) is 7.89. The van der Waals surface area contributed by atoms with Gasteiger partial charge in [0.25, 0.3) is 0 Å². The fraction of sp³-hybridized carbons (Fsp3) is 0. The van der Waals surface area contributed by atoms with Gasteiger partial charge in [0.2, 0.25) is 0 Å². The normalized spacial score (nSPS) is 11.7. The number of nitrogens with two attached hydrogens (primary N) is 1. The molecule has 6 nitrogen and oxygen atoms in total. The topological polar surface area (TPSA) is 110 Å². The molecule has 0 atom stereocenters. The van der Waals surface area contributed by atoms with E-state index in [1.165, 1.54) is 12.3 Å². The zero-order valence-electron chi connectivity index (χ0n) is 8.37. The van der Waals surface area contributed by atoms with Crippen molar-refractivity contribution in [3.8, 4) is 11.5 Å². The second-order valence-corrected chi connectivity index (χ2v) is 5.67. The largest absolute Gasteiger partial charge is 0.462 e. The Kier molecular flexibility index (Phi) is 3.09.